The molecule has 1 saturated heterocycles. The van der Waals surface area contributed by atoms with Crippen LogP contribution in [-0.2, 0) is 0 Å². The predicted molar refractivity (Wildman–Crippen MR) is 125 cm³/mol. The van der Waals surface area contributed by atoms with Crippen molar-refractivity contribution in [3.05, 3.63) is 71.3 Å². The minimum Gasteiger partial charge on any atom is -0.482 e. The second-order valence-electron chi connectivity index (χ2n) is 8.08. The normalized spacial score (nSPS) is 17.4. The summed E-state index contributed by atoms with van der Waals surface area (Å²) in [5, 5.41) is 0. The highest BCUT2D eigenvalue weighted by molar-refractivity contribution is 5.95. The van der Waals surface area contributed by atoms with Crippen molar-refractivity contribution in [2.75, 3.05) is 33.2 Å². The van der Waals surface area contributed by atoms with E-state index in [2.05, 4.69) is 48.4 Å². The molecule has 0 aromatic heterocycles. The molecule has 0 atom stereocenters. The molecule has 1 amide bonds. The van der Waals surface area contributed by atoms with Crippen LogP contribution in [0.25, 0.3) is 5.57 Å². The third-order valence-electron chi connectivity index (χ3n) is 6.22. The third-order valence-corrected chi connectivity index (χ3v) is 6.22. The maximum Gasteiger partial charge on any atom is 0.253 e. The molecule has 2 aliphatic heterocycles. The van der Waals surface area contributed by atoms with E-state index in [4.69, 9.17) is 4.74 Å². The highest BCUT2D eigenvalue weighted by Gasteiger charge is 2.38. The fourth-order valence-corrected chi connectivity index (χ4v) is 4.34. The summed E-state index contributed by atoms with van der Waals surface area (Å²) < 4.78 is 6.52. The van der Waals surface area contributed by atoms with Crippen molar-refractivity contribution in [3.8, 4) is 5.75 Å². The quantitative estimate of drug-likeness (QED) is 0.698. The first-order chi connectivity index (χ1) is 14.0. The molecule has 0 N–H and O–H groups in total. The summed E-state index contributed by atoms with van der Waals surface area (Å²) in [6, 6.07) is 16.4. The number of nitrogens with zero attached hydrogens (tertiary/aromatic N) is 2. The van der Waals surface area contributed by atoms with Gasteiger partial charge in [-0.15, -0.1) is 12.4 Å². The molecule has 2 aromatic rings. The maximum absolute atomic E-state index is 12.7. The monoisotopic (exact) mass is 426 g/mol. The lowest BCUT2D eigenvalue weighted by atomic mass is 9.83. The molecule has 4 rings (SSSR count). The van der Waals surface area contributed by atoms with Crippen molar-refractivity contribution in [1.29, 1.82) is 0 Å². The number of benzene rings is 2. The number of carbonyl (C=O) groups is 1. The molecule has 1 spiro atoms. The van der Waals surface area contributed by atoms with E-state index < -0.39 is 0 Å². The molecule has 0 aliphatic carbocycles. The molecule has 0 bridgehead atoms. The van der Waals surface area contributed by atoms with E-state index in [0.717, 1.165) is 61.5 Å². The van der Waals surface area contributed by atoms with Crippen molar-refractivity contribution in [1.82, 2.24) is 9.80 Å². The van der Waals surface area contributed by atoms with E-state index in [1.165, 1.54) is 5.57 Å². The van der Waals surface area contributed by atoms with Crippen LogP contribution in [0.2, 0.25) is 0 Å². The highest BCUT2D eigenvalue weighted by atomic mass is 35.5. The van der Waals surface area contributed by atoms with Gasteiger partial charge in [-0.2, -0.15) is 0 Å². The zero-order valence-electron chi connectivity index (χ0n) is 18.1. The Hall–Kier alpha value is -2.30. The summed E-state index contributed by atoms with van der Waals surface area (Å²) in [5.41, 5.74) is 3.96. The van der Waals surface area contributed by atoms with Gasteiger partial charge >= 0.3 is 0 Å². The zero-order chi connectivity index (χ0) is 20.4. The number of para-hydroxylation sites is 1. The summed E-state index contributed by atoms with van der Waals surface area (Å²) in [5.74, 6) is 1.05. The molecule has 1 fully saturated rings. The standard InChI is InChI=1S/C25H30N2O2.ClH/c1-4-27(5-2)24(28)20-12-10-19(11-13-20)22-18-25(14-16-26(3)17-15-25)29-23-9-7-6-8-21(22)23;/h6-13,18H,4-5,14-17H2,1-3H3;1H. The van der Waals surface area contributed by atoms with Gasteiger partial charge in [0.2, 0.25) is 0 Å². The zero-order valence-corrected chi connectivity index (χ0v) is 18.9. The van der Waals surface area contributed by atoms with Gasteiger partial charge in [-0.25, -0.2) is 0 Å². The lowest BCUT2D eigenvalue weighted by molar-refractivity contribution is 0.0468. The minimum absolute atomic E-state index is 0. The lowest BCUT2D eigenvalue weighted by Gasteiger charge is -2.42. The van der Waals surface area contributed by atoms with Crippen LogP contribution in [0.1, 0.15) is 48.2 Å². The number of hydrogen-bond donors (Lipinski definition) is 0. The fourth-order valence-electron chi connectivity index (χ4n) is 4.34. The Bertz CT molecular complexity index is 911. The topological polar surface area (TPSA) is 32.8 Å². The van der Waals surface area contributed by atoms with Crippen molar-refractivity contribution in [2.24, 2.45) is 0 Å². The van der Waals surface area contributed by atoms with Gasteiger partial charge in [-0.05, 0) is 56.3 Å². The number of hydrogen-bond acceptors (Lipinski definition) is 3. The first-order valence-electron chi connectivity index (χ1n) is 10.6. The van der Waals surface area contributed by atoms with Crippen molar-refractivity contribution >= 4 is 23.9 Å². The van der Waals surface area contributed by atoms with Crippen LogP contribution in [0.3, 0.4) is 0 Å². The number of carbonyl (C=O) groups excluding carboxylic acids is 1. The van der Waals surface area contributed by atoms with E-state index in [9.17, 15) is 4.79 Å². The van der Waals surface area contributed by atoms with Crippen LogP contribution in [-0.4, -0.2) is 54.5 Å². The smallest absolute Gasteiger partial charge is 0.253 e. The molecule has 4 nitrogen and oxygen atoms in total. The first-order valence-corrected chi connectivity index (χ1v) is 10.6. The van der Waals surface area contributed by atoms with E-state index in [-0.39, 0.29) is 23.9 Å². The Morgan fingerprint density at radius 2 is 1.67 bits per heavy atom. The van der Waals surface area contributed by atoms with Crippen molar-refractivity contribution < 1.29 is 9.53 Å². The lowest BCUT2D eigenvalue weighted by Crippen LogP contribution is -2.46. The van der Waals surface area contributed by atoms with E-state index in [1.54, 1.807) is 0 Å². The molecule has 160 valence electrons. The largest absolute Gasteiger partial charge is 0.482 e. The number of likely N-dealkylation sites (tertiary alicyclic amines) is 1. The van der Waals surface area contributed by atoms with E-state index in [1.807, 2.05) is 36.9 Å². The number of amides is 1. The molecule has 0 radical (unpaired) electrons. The van der Waals surface area contributed by atoms with Gasteiger partial charge in [0.15, 0.2) is 0 Å². The van der Waals surface area contributed by atoms with Gasteiger partial charge in [0.05, 0.1) is 0 Å². The molecule has 0 unspecified atom stereocenters. The van der Waals surface area contributed by atoms with Crippen molar-refractivity contribution in [2.45, 2.75) is 32.3 Å². The van der Waals surface area contributed by atoms with E-state index in [0.29, 0.717) is 0 Å². The molecule has 0 saturated carbocycles. The van der Waals surface area contributed by atoms with Crippen LogP contribution in [0.5, 0.6) is 5.75 Å². The van der Waals surface area contributed by atoms with Crippen LogP contribution in [0.4, 0.5) is 0 Å². The Morgan fingerprint density at radius 1 is 1.03 bits per heavy atom. The van der Waals surface area contributed by atoms with Gasteiger partial charge in [0.1, 0.15) is 11.4 Å². The Morgan fingerprint density at radius 3 is 2.30 bits per heavy atom. The van der Waals surface area contributed by atoms with Gasteiger partial charge in [-0.1, -0.05) is 30.3 Å². The Balaban J connectivity index is 0.00000256. The van der Waals surface area contributed by atoms with Gasteiger partial charge in [-0.3, -0.25) is 4.79 Å². The average Bonchev–Trinajstić information content (AvgIpc) is 2.76. The number of rotatable bonds is 4. The van der Waals surface area contributed by atoms with Crippen molar-refractivity contribution in [3.63, 3.8) is 0 Å². The highest BCUT2D eigenvalue weighted by Crippen LogP contribution is 2.43. The Kier molecular flexibility index (Phi) is 6.89. The predicted octanol–water partition coefficient (Wildman–Crippen LogP) is 4.88. The SMILES string of the molecule is CCN(CC)C(=O)c1ccc(C2=CC3(CCN(C)CC3)Oc3ccccc32)cc1.Cl. The average molecular weight is 427 g/mol. The summed E-state index contributed by atoms with van der Waals surface area (Å²) in [4.78, 5) is 16.9. The summed E-state index contributed by atoms with van der Waals surface area (Å²) >= 11 is 0. The van der Waals surface area contributed by atoms with Gasteiger partial charge in [0, 0.05) is 50.1 Å². The summed E-state index contributed by atoms with van der Waals surface area (Å²) in [6.07, 6.45) is 4.29. The number of piperidine rings is 1. The van der Waals surface area contributed by atoms with Crippen LogP contribution in [0.15, 0.2) is 54.6 Å². The minimum atomic E-state index is -0.244. The molecule has 5 heteroatoms. The molecular formula is C25H31ClN2O2. The van der Waals surface area contributed by atoms with Crippen LogP contribution >= 0.6 is 12.4 Å². The van der Waals surface area contributed by atoms with Crippen LogP contribution in [0, 0.1) is 0 Å². The molecular weight excluding hydrogens is 396 g/mol. The number of fused-ring (bicyclic) bond motifs is 1. The molecule has 2 heterocycles. The maximum atomic E-state index is 12.7. The molecule has 2 aromatic carbocycles. The van der Waals surface area contributed by atoms with E-state index >= 15 is 0 Å². The fraction of sp³-hybridized carbons (Fsp3) is 0.400. The Labute approximate surface area is 185 Å². The summed E-state index contributed by atoms with van der Waals surface area (Å²) in [7, 11) is 2.17. The molecule has 2 aliphatic rings. The first kappa shape index (κ1) is 22.4. The second-order valence-corrected chi connectivity index (χ2v) is 8.08. The second kappa shape index (κ2) is 9.23. The number of halogens is 1. The number of ether oxygens (including phenoxy) is 1. The third kappa shape index (κ3) is 4.26. The van der Waals surface area contributed by atoms with Gasteiger partial charge in [0.25, 0.3) is 5.91 Å². The van der Waals surface area contributed by atoms with Gasteiger partial charge < -0.3 is 14.5 Å². The van der Waals surface area contributed by atoms with Crippen LogP contribution < -0.4 is 4.74 Å². The molecule has 30 heavy (non-hydrogen) atoms. The summed E-state index contributed by atoms with van der Waals surface area (Å²) in [6.45, 7) is 7.54.